The van der Waals surface area contributed by atoms with Gasteiger partial charge in [-0.3, -0.25) is 4.90 Å². The van der Waals surface area contributed by atoms with Crippen molar-refractivity contribution in [1.82, 2.24) is 4.31 Å². The Labute approximate surface area is 160 Å². The van der Waals surface area contributed by atoms with Gasteiger partial charge in [-0.05, 0) is 30.2 Å². The summed E-state index contributed by atoms with van der Waals surface area (Å²) in [6, 6.07) is 8.46. The highest BCUT2D eigenvalue weighted by atomic mass is 32.2. The molecule has 0 fully saturated rings. The highest BCUT2D eigenvalue weighted by Gasteiger charge is 2.36. The van der Waals surface area contributed by atoms with E-state index in [-0.39, 0.29) is 22.8 Å². The van der Waals surface area contributed by atoms with E-state index in [1.165, 1.54) is 37.2 Å². The number of carbonyl (C=O) groups excluding carboxylic acids is 1. The molecule has 6 nitrogen and oxygen atoms in total. The first-order chi connectivity index (χ1) is 13.0. The molecule has 0 aromatic heterocycles. The Balaban J connectivity index is 1.99. The molecule has 1 aliphatic heterocycles. The van der Waals surface area contributed by atoms with E-state index in [0.717, 1.165) is 16.4 Å². The Morgan fingerprint density at radius 3 is 2.43 bits per heavy atom. The minimum Gasteiger partial charge on any atom is -0.307 e. The highest BCUT2D eigenvalue weighted by molar-refractivity contribution is 7.89. The van der Waals surface area contributed by atoms with E-state index in [2.05, 4.69) is 5.32 Å². The number of sulfonamides is 1. The van der Waals surface area contributed by atoms with Crippen molar-refractivity contribution in [2.45, 2.75) is 17.5 Å². The van der Waals surface area contributed by atoms with Crippen LogP contribution < -0.4 is 10.2 Å². The summed E-state index contributed by atoms with van der Waals surface area (Å²) in [5.74, 6) is 0. The third kappa shape index (κ3) is 3.57. The van der Waals surface area contributed by atoms with Gasteiger partial charge in [0.2, 0.25) is 10.0 Å². The molecule has 0 saturated heterocycles. The molecule has 2 amide bonds. The molecule has 0 unspecified atom stereocenters. The van der Waals surface area contributed by atoms with Crippen molar-refractivity contribution in [3.05, 3.63) is 53.6 Å². The zero-order chi connectivity index (χ0) is 20.7. The number of hydrogen-bond donors (Lipinski definition) is 1. The highest BCUT2D eigenvalue weighted by Crippen LogP contribution is 2.38. The Kier molecular flexibility index (Phi) is 5.11. The largest absolute Gasteiger partial charge is 0.418 e. The smallest absolute Gasteiger partial charge is 0.307 e. The molecule has 1 aliphatic rings. The zero-order valence-corrected chi connectivity index (χ0v) is 15.9. The van der Waals surface area contributed by atoms with Gasteiger partial charge in [0.15, 0.2) is 0 Å². The van der Waals surface area contributed by atoms with E-state index in [1.54, 1.807) is 12.1 Å². The molecule has 1 heterocycles. The summed E-state index contributed by atoms with van der Waals surface area (Å²) < 4.78 is 65.8. The minimum atomic E-state index is -4.63. The standard InChI is InChI=1S/C18H18F3N3O3S/c1-23(2)28(26,27)15-9-5-6-12-10-11-24(16(12)15)17(25)22-14-8-4-3-7-13(14)18(19,20)21/h3-9H,10-11H2,1-2H3,(H,22,25). The summed E-state index contributed by atoms with van der Waals surface area (Å²) in [5, 5.41) is 2.27. The molecule has 0 bridgehead atoms. The number of nitrogens with one attached hydrogen (secondary N) is 1. The number of rotatable bonds is 3. The predicted octanol–water partition coefficient (Wildman–Crippen LogP) is 3.55. The second-order valence-corrected chi connectivity index (χ2v) is 8.55. The summed E-state index contributed by atoms with van der Waals surface area (Å²) in [6.07, 6.45) is -4.23. The van der Waals surface area contributed by atoms with Gasteiger partial charge in [-0.25, -0.2) is 17.5 Å². The number of carbonyl (C=O) groups is 1. The molecule has 0 saturated carbocycles. The van der Waals surface area contributed by atoms with Crippen LogP contribution in [0.1, 0.15) is 11.1 Å². The van der Waals surface area contributed by atoms with Crippen molar-refractivity contribution in [2.24, 2.45) is 0 Å². The number of anilines is 2. The topological polar surface area (TPSA) is 69.7 Å². The van der Waals surface area contributed by atoms with Crippen molar-refractivity contribution in [3.63, 3.8) is 0 Å². The Morgan fingerprint density at radius 2 is 1.79 bits per heavy atom. The summed E-state index contributed by atoms with van der Waals surface area (Å²) in [7, 11) is -1.10. The molecule has 0 spiro atoms. The van der Waals surface area contributed by atoms with Crippen LogP contribution in [0.25, 0.3) is 0 Å². The molecule has 0 radical (unpaired) electrons. The van der Waals surface area contributed by atoms with Gasteiger partial charge < -0.3 is 5.32 Å². The number of fused-ring (bicyclic) bond motifs is 1. The zero-order valence-electron chi connectivity index (χ0n) is 15.1. The van der Waals surface area contributed by atoms with Crippen LogP contribution >= 0.6 is 0 Å². The lowest BCUT2D eigenvalue weighted by atomic mass is 10.1. The van der Waals surface area contributed by atoms with Crippen LogP contribution in [0.3, 0.4) is 0 Å². The van der Waals surface area contributed by atoms with Crippen LogP contribution in [0, 0.1) is 0 Å². The summed E-state index contributed by atoms with van der Waals surface area (Å²) >= 11 is 0. The van der Waals surface area contributed by atoms with Crippen LogP contribution in [0.5, 0.6) is 0 Å². The van der Waals surface area contributed by atoms with Crippen LogP contribution in [-0.4, -0.2) is 39.4 Å². The maximum absolute atomic E-state index is 13.2. The van der Waals surface area contributed by atoms with Crippen LogP contribution in [0.4, 0.5) is 29.3 Å². The normalized spacial score (nSPS) is 14.3. The molecule has 2 aromatic rings. The third-order valence-electron chi connectivity index (χ3n) is 4.44. The quantitative estimate of drug-likeness (QED) is 0.837. The molecule has 10 heteroatoms. The summed E-state index contributed by atoms with van der Waals surface area (Å²) in [4.78, 5) is 13.8. The maximum Gasteiger partial charge on any atom is 0.418 e. The second kappa shape index (κ2) is 7.10. The fraction of sp³-hybridized carbons (Fsp3) is 0.278. The first-order valence-corrected chi connectivity index (χ1v) is 9.76. The number of hydrogen-bond acceptors (Lipinski definition) is 3. The predicted molar refractivity (Wildman–Crippen MR) is 98.8 cm³/mol. The van der Waals surface area contributed by atoms with Crippen LogP contribution in [0.15, 0.2) is 47.4 Å². The Morgan fingerprint density at radius 1 is 1.11 bits per heavy atom. The fourth-order valence-electron chi connectivity index (χ4n) is 3.05. The Bertz CT molecular complexity index is 1020. The van der Waals surface area contributed by atoms with Gasteiger partial charge in [-0.2, -0.15) is 13.2 Å². The van der Waals surface area contributed by atoms with E-state index in [1.807, 2.05) is 0 Å². The molecule has 0 atom stereocenters. The lowest BCUT2D eigenvalue weighted by Gasteiger charge is -2.23. The van der Waals surface area contributed by atoms with Gasteiger partial charge in [0, 0.05) is 20.6 Å². The van der Waals surface area contributed by atoms with E-state index < -0.39 is 27.8 Å². The maximum atomic E-state index is 13.2. The van der Waals surface area contributed by atoms with Crippen LogP contribution in [0.2, 0.25) is 0 Å². The number of benzene rings is 2. The first kappa shape index (κ1) is 20.2. The van der Waals surface area contributed by atoms with Crippen molar-refractivity contribution < 1.29 is 26.4 Å². The Hall–Kier alpha value is -2.59. The molecular formula is C18H18F3N3O3S. The molecule has 2 aromatic carbocycles. The van der Waals surface area contributed by atoms with Gasteiger partial charge >= 0.3 is 12.2 Å². The van der Waals surface area contributed by atoms with Crippen molar-refractivity contribution in [1.29, 1.82) is 0 Å². The number of para-hydroxylation sites is 2. The van der Waals surface area contributed by atoms with Gasteiger partial charge in [0.05, 0.1) is 16.9 Å². The van der Waals surface area contributed by atoms with E-state index in [0.29, 0.717) is 12.0 Å². The molecular weight excluding hydrogens is 395 g/mol. The number of nitrogens with zero attached hydrogens (tertiary/aromatic N) is 2. The summed E-state index contributed by atoms with van der Waals surface area (Å²) in [6.45, 7) is 0.162. The number of amides is 2. The van der Waals surface area contributed by atoms with Gasteiger partial charge in [0.1, 0.15) is 4.90 Å². The lowest BCUT2D eigenvalue weighted by molar-refractivity contribution is -0.136. The molecule has 1 N–H and O–H groups in total. The number of alkyl halides is 3. The molecule has 0 aliphatic carbocycles. The number of urea groups is 1. The molecule has 150 valence electrons. The summed E-state index contributed by atoms with van der Waals surface area (Å²) in [5.41, 5.74) is -0.529. The van der Waals surface area contributed by atoms with Gasteiger partial charge in [0.25, 0.3) is 0 Å². The average molecular weight is 413 g/mol. The second-order valence-electron chi connectivity index (χ2n) is 6.43. The van der Waals surface area contributed by atoms with Crippen molar-refractivity contribution in [2.75, 3.05) is 30.9 Å². The van der Waals surface area contributed by atoms with Crippen molar-refractivity contribution >= 4 is 27.4 Å². The monoisotopic (exact) mass is 413 g/mol. The van der Waals surface area contributed by atoms with E-state index in [4.69, 9.17) is 0 Å². The number of halogens is 3. The van der Waals surface area contributed by atoms with Gasteiger partial charge in [-0.1, -0.05) is 24.3 Å². The SMILES string of the molecule is CN(C)S(=O)(=O)c1cccc2c1N(C(=O)Nc1ccccc1C(F)(F)F)CC2. The molecule has 3 rings (SSSR count). The fourth-order valence-corrected chi connectivity index (χ4v) is 4.18. The lowest BCUT2D eigenvalue weighted by Crippen LogP contribution is -2.35. The average Bonchev–Trinajstić information content (AvgIpc) is 3.05. The minimum absolute atomic E-state index is 0.0632. The van der Waals surface area contributed by atoms with Gasteiger partial charge in [-0.15, -0.1) is 0 Å². The van der Waals surface area contributed by atoms with E-state index in [9.17, 15) is 26.4 Å². The third-order valence-corrected chi connectivity index (χ3v) is 6.28. The van der Waals surface area contributed by atoms with Crippen LogP contribution in [-0.2, 0) is 22.6 Å². The first-order valence-electron chi connectivity index (χ1n) is 8.32. The van der Waals surface area contributed by atoms with Crippen molar-refractivity contribution in [3.8, 4) is 0 Å². The van der Waals surface area contributed by atoms with E-state index >= 15 is 0 Å². The molecule has 28 heavy (non-hydrogen) atoms.